The number of ether oxygens (including phenoxy) is 1. The predicted molar refractivity (Wildman–Crippen MR) is 49.3 cm³/mol. The summed E-state index contributed by atoms with van der Waals surface area (Å²) in [4.78, 5) is 1.83. The van der Waals surface area contributed by atoms with E-state index in [0.29, 0.717) is 44.8 Å². The molecule has 0 aromatic rings. The van der Waals surface area contributed by atoms with Crippen molar-refractivity contribution in [3.8, 4) is 0 Å². The number of alkyl halides is 3. The Kier molecular flexibility index (Phi) is 2.91. The first-order valence-electron chi connectivity index (χ1n) is 5.21. The second kappa shape index (κ2) is 4.04. The first kappa shape index (κ1) is 10.8. The monoisotopic (exact) mass is 221 g/mol. The van der Waals surface area contributed by atoms with Crippen LogP contribution in [0.2, 0.25) is 0 Å². The van der Waals surface area contributed by atoms with Gasteiger partial charge < -0.3 is 9.64 Å². The van der Waals surface area contributed by atoms with Crippen LogP contribution >= 0.6 is 0 Å². The van der Waals surface area contributed by atoms with Crippen molar-refractivity contribution in [2.75, 3.05) is 26.3 Å². The predicted octanol–water partition coefficient (Wildman–Crippen LogP) is 2.32. The highest BCUT2D eigenvalue weighted by Crippen LogP contribution is 2.39. The van der Waals surface area contributed by atoms with Gasteiger partial charge in [-0.3, -0.25) is 0 Å². The molecule has 0 unspecified atom stereocenters. The second-order valence-corrected chi connectivity index (χ2v) is 3.88. The molecule has 0 radical (unpaired) electrons. The van der Waals surface area contributed by atoms with Crippen molar-refractivity contribution < 1.29 is 17.9 Å². The molecule has 2 nitrogen and oxygen atoms in total. The molecule has 2 aliphatic rings. The van der Waals surface area contributed by atoms with E-state index in [0.717, 1.165) is 0 Å². The smallest absolute Gasteiger partial charge is 0.378 e. The molecule has 5 heteroatoms. The average Bonchev–Trinajstić information content (AvgIpc) is 2.67. The minimum atomic E-state index is -4.15. The van der Waals surface area contributed by atoms with Crippen LogP contribution in [0.4, 0.5) is 13.2 Å². The fraction of sp³-hybridized carbons (Fsp3) is 0.800. The topological polar surface area (TPSA) is 12.5 Å². The second-order valence-electron chi connectivity index (χ2n) is 3.88. The van der Waals surface area contributed by atoms with Crippen molar-refractivity contribution in [2.24, 2.45) is 0 Å². The summed E-state index contributed by atoms with van der Waals surface area (Å²) in [5, 5.41) is 0. The van der Waals surface area contributed by atoms with Gasteiger partial charge in [0.2, 0.25) is 0 Å². The number of morpholine rings is 1. The van der Waals surface area contributed by atoms with E-state index < -0.39 is 6.18 Å². The highest BCUT2D eigenvalue weighted by atomic mass is 19.4. The minimum absolute atomic E-state index is 0.177. The molecular weight excluding hydrogens is 207 g/mol. The standard InChI is InChI=1S/C10H14F3NO/c11-10(12,13)8-2-1-3-9(8)14-4-6-15-7-5-14/h1-7H2. The van der Waals surface area contributed by atoms with Gasteiger partial charge in [0.05, 0.1) is 18.8 Å². The van der Waals surface area contributed by atoms with Crippen molar-refractivity contribution in [1.29, 1.82) is 0 Å². The summed E-state index contributed by atoms with van der Waals surface area (Å²) in [6, 6.07) is 0. The van der Waals surface area contributed by atoms with Gasteiger partial charge in [-0.1, -0.05) is 0 Å². The zero-order valence-corrected chi connectivity index (χ0v) is 8.44. The van der Waals surface area contributed by atoms with Crippen LogP contribution in [-0.4, -0.2) is 37.4 Å². The third kappa shape index (κ3) is 2.27. The lowest BCUT2D eigenvalue weighted by atomic mass is 10.2. The van der Waals surface area contributed by atoms with E-state index in [-0.39, 0.29) is 12.0 Å². The number of halogens is 3. The van der Waals surface area contributed by atoms with E-state index in [4.69, 9.17) is 4.74 Å². The summed E-state index contributed by atoms with van der Waals surface area (Å²) in [5.41, 5.74) is 0.190. The van der Waals surface area contributed by atoms with Crippen molar-refractivity contribution in [1.82, 2.24) is 4.90 Å². The Morgan fingerprint density at radius 1 is 1.07 bits per heavy atom. The van der Waals surface area contributed by atoms with Crippen LogP contribution in [0.5, 0.6) is 0 Å². The van der Waals surface area contributed by atoms with Crippen LogP contribution in [0.3, 0.4) is 0 Å². The van der Waals surface area contributed by atoms with Crippen LogP contribution in [0.25, 0.3) is 0 Å². The fourth-order valence-corrected chi connectivity index (χ4v) is 2.22. The molecule has 0 saturated carbocycles. The van der Waals surface area contributed by atoms with Crippen molar-refractivity contribution in [2.45, 2.75) is 25.4 Å². The highest BCUT2D eigenvalue weighted by Gasteiger charge is 2.39. The van der Waals surface area contributed by atoms with Gasteiger partial charge in [-0.25, -0.2) is 0 Å². The largest absolute Gasteiger partial charge is 0.414 e. The summed E-state index contributed by atoms with van der Waals surface area (Å²) in [5.74, 6) is 0. The van der Waals surface area contributed by atoms with Crippen molar-refractivity contribution >= 4 is 0 Å². The summed E-state index contributed by atoms with van der Waals surface area (Å²) < 4.78 is 43.1. The molecule has 15 heavy (non-hydrogen) atoms. The van der Waals surface area contributed by atoms with Crippen LogP contribution < -0.4 is 0 Å². The molecule has 86 valence electrons. The third-order valence-electron chi connectivity index (χ3n) is 2.92. The Morgan fingerprint density at radius 3 is 2.33 bits per heavy atom. The number of hydrogen-bond donors (Lipinski definition) is 0. The Labute approximate surface area is 86.7 Å². The zero-order valence-electron chi connectivity index (χ0n) is 8.44. The van der Waals surface area contributed by atoms with E-state index in [1.807, 2.05) is 4.90 Å². The molecule has 0 bridgehead atoms. The van der Waals surface area contributed by atoms with Gasteiger partial charge in [0.15, 0.2) is 0 Å². The van der Waals surface area contributed by atoms with Crippen LogP contribution in [0.15, 0.2) is 11.3 Å². The lowest BCUT2D eigenvalue weighted by molar-refractivity contribution is -0.0953. The average molecular weight is 221 g/mol. The lowest BCUT2D eigenvalue weighted by Crippen LogP contribution is -2.36. The van der Waals surface area contributed by atoms with Crippen molar-refractivity contribution in [3.63, 3.8) is 0 Å². The van der Waals surface area contributed by atoms with Gasteiger partial charge in [0, 0.05) is 18.8 Å². The van der Waals surface area contributed by atoms with E-state index >= 15 is 0 Å². The molecule has 0 aromatic heterocycles. The number of nitrogens with zero attached hydrogens (tertiary/aromatic N) is 1. The Hall–Kier alpha value is -0.710. The number of rotatable bonds is 1. The third-order valence-corrected chi connectivity index (χ3v) is 2.92. The molecule has 0 aromatic carbocycles. The molecule has 1 heterocycles. The van der Waals surface area contributed by atoms with Crippen LogP contribution in [0.1, 0.15) is 19.3 Å². The first-order chi connectivity index (χ1) is 7.09. The molecule has 0 atom stereocenters. The van der Waals surface area contributed by atoms with Gasteiger partial charge in [-0.05, 0) is 19.3 Å². The molecule has 0 amide bonds. The SMILES string of the molecule is FC(F)(F)C1=C(N2CCOCC2)CCC1. The number of allylic oxidation sites excluding steroid dienone is 2. The quantitative estimate of drug-likeness (QED) is 0.673. The maximum Gasteiger partial charge on any atom is 0.414 e. The molecule has 1 aliphatic heterocycles. The van der Waals surface area contributed by atoms with Gasteiger partial charge in [0.25, 0.3) is 0 Å². The molecular formula is C10H14F3NO. The fourth-order valence-electron chi connectivity index (χ4n) is 2.22. The Balaban J connectivity index is 2.17. The Morgan fingerprint density at radius 2 is 1.73 bits per heavy atom. The van der Waals surface area contributed by atoms with Crippen molar-refractivity contribution in [3.05, 3.63) is 11.3 Å². The summed E-state index contributed by atoms with van der Waals surface area (Å²) in [7, 11) is 0. The van der Waals surface area contributed by atoms with E-state index in [1.165, 1.54) is 0 Å². The van der Waals surface area contributed by atoms with Gasteiger partial charge in [0.1, 0.15) is 0 Å². The maximum absolute atomic E-state index is 12.7. The van der Waals surface area contributed by atoms with E-state index in [1.54, 1.807) is 0 Å². The van der Waals surface area contributed by atoms with E-state index in [9.17, 15) is 13.2 Å². The van der Waals surface area contributed by atoms with Gasteiger partial charge in [-0.15, -0.1) is 0 Å². The molecule has 0 spiro atoms. The maximum atomic E-state index is 12.7. The molecule has 2 rings (SSSR count). The van der Waals surface area contributed by atoms with Gasteiger partial charge >= 0.3 is 6.18 Å². The highest BCUT2D eigenvalue weighted by molar-refractivity contribution is 5.23. The minimum Gasteiger partial charge on any atom is -0.378 e. The summed E-state index contributed by atoms with van der Waals surface area (Å²) in [6.07, 6.45) is -2.78. The number of hydrogen-bond acceptors (Lipinski definition) is 2. The van der Waals surface area contributed by atoms with E-state index in [2.05, 4.69) is 0 Å². The van der Waals surface area contributed by atoms with Gasteiger partial charge in [-0.2, -0.15) is 13.2 Å². The molecule has 1 aliphatic carbocycles. The molecule has 1 saturated heterocycles. The van der Waals surface area contributed by atoms with Crippen LogP contribution in [0, 0.1) is 0 Å². The Bertz CT molecular complexity index is 266. The summed E-state index contributed by atoms with van der Waals surface area (Å²) >= 11 is 0. The normalized spacial score (nSPS) is 23.8. The van der Waals surface area contributed by atoms with Crippen LogP contribution in [-0.2, 0) is 4.74 Å². The molecule has 0 N–H and O–H groups in total. The summed E-state index contributed by atoms with van der Waals surface area (Å²) in [6.45, 7) is 2.26. The lowest BCUT2D eigenvalue weighted by Gasteiger charge is -2.31. The zero-order chi connectivity index (χ0) is 10.9. The molecule has 1 fully saturated rings. The first-order valence-corrected chi connectivity index (χ1v) is 5.21.